The van der Waals surface area contributed by atoms with Crippen molar-refractivity contribution in [2.24, 2.45) is 23.2 Å². The molecule has 2 aliphatic rings. The number of hydrogen-bond donors (Lipinski definition) is 0. The van der Waals surface area contributed by atoms with Gasteiger partial charge in [0, 0.05) is 10.5 Å². The summed E-state index contributed by atoms with van der Waals surface area (Å²) in [5, 5.41) is 0. The van der Waals surface area contributed by atoms with Gasteiger partial charge in [0.1, 0.15) is 0 Å². The van der Waals surface area contributed by atoms with Crippen LogP contribution in [0.25, 0.3) is 0 Å². The molecule has 0 aromatic rings. The molecule has 5 atom stereocenters. The van der Waals surface area contributed by atoms with E-state index in [9.17, 15) is 0 Å². The third-order valence-corrected chi connectivity index (χ3v) is 7.97. The molecule has 0 aliphatic heterocycles. The summed E-state index contributed by atoms with van der Waals surface area (Å²) in [5.74, 6) is 2.65. The topological polar surface area (TPSA) is 9.23 Å². The third-order valence-electron chi connectivity index (χ3n) is 5.57. The van der Waals surface area contributed by atoms with Gasteiger partial charge in [-0.15, -0.1) is 0 Å². The van der Waals surface area contributed by atoms with E-state index in [1.165, 1.54) is 36.5 Å². The van der Waals surface area contributed by atoms with Crippen LogP contribution >= 0.6 is 22.6 Å². The first-order valence-corrected chi connectivity index (χ1v) is 12.9. The maximum absolute atomic E-state index is 6.56. The van der Waals surface area contributed by atoms with E-state index in [4.69, 9.17) is 4.43 Å². The monoisotopic (exact) mass is 394 g/mol. The maximum Gasteiger partial charge on any atom is 0.184 e. The molecule has 0 radical (unpaired) electrons. The van der Waals surface area contributed by atoms with Crippen LogP contribution in [0.3, 0.4) is 0 Å². The highest BCUT2D eigenvalue weighted by atomic mass is 127. The van der Waals surface area contributed by atoms with Gasteiger partial charge >= 0.3 is 0 Å². The Balaban J connectivity index is 2.14. The lowest BCUT2D eigenvalue weighted by molar-refractivity contribution is -0.0152. The quantitative estimate of drug-likeness (QED) is 0.348. The van der Waals surface area contributed by atoms with Crippen molar-refractivity contribution < 1.29 is 4.43 Å². The SMILES string of the molecule is C[C@@H](CI)[C@H]1CCC2C(O[Si](C)(C)C)CCC[C@]21C. The normalized spacial score (nSPS) is 41.1. The van der Waals surface area contributed by atoms with Gasteiger partial charge in [-0.2, -0.15) is 0 Å². The Labute approximate surface area is 134 Å². The summed E-state index contributed by atoms with van der Waals surface area (Å²) in [6, 6.07) is 0. The molecule has 19 heavy (non-hydrogen) atoms. The fourth-order valence-corrected chi connectivity index (χ4v) is 6.60. The van der Waals surface area contributed by atoms with E-state index in [0.29, 0.717) is 11.5 Å². The zero-order chi connectivity index (χ0) is 14.3. The minimum atomic E-state index is -1.40. The number of rotatable bonds is 4. The second kappa shape index (κ2) is 5.96. The zero-order valence-corrected chi connectivity index (χ0v) is 16.5. The van der Waals surface area contributed by atoms with E-state index in [2.05, 4.69) is 56.1 Å². The molecule has 0 heterocycles. The standard InChI is InChI=1S/C16H31IOSi/c1-12(11-17)13-8-9-14-15(18-19(3,4)5)7-6-10-16(13,14)2/h12-15H,6-11H2,1-5H3/t12-,13+,14?,15?,16-/m0/s1. The van der Waals surface area contributed by atoms with Crippen LogP contribution in [0.15, 0.2) is 0 Å². The molecule has 0 saturated heterocycles. The third kappa shape index (κ3) is 3.39. The van der Waals surface area contributed by atoms with Crippen LogP contribution in [0.4, 0.5) is 0 Å². The minimum Gasteiger partial charge on any atom is -0.414 e. The molecule has 2 aliphatic carbocycles. The molecule has 1 nitrogen and oxygen atoms in total. The van der Waals surface area contributed by atoms with Gasteiger partial charge in [-0.25, -0.2) is 0 Å². The summed E-state index contributed by atoms with van der Waals surface area (Å²) >= 11 is 2.58. The van der Waals surface area contributed by atoms with Gasteiger partial charge in [0.25, 0.3) is 0 Å². The van der Waals surface area contributed by atoms with Crippen LogP contribution < -0.4 is 0 Å². The van der Waals surface area contributed by atoms with Gasteiger partial charge in [-0.1, -0.05) is 42.9 Å². The molecule has 112 valence electrons. The van der Waals surface area contributed by atoms with Gasteiger partial charge in [0.15, 0.2) is 8.32 Å². The van der Waals surface area contributed by atoms with Crippen molar-refractivity contribution in [1.29, 1.82) is 0 Å². The van der Waals surface area contributed by atoms with Crippen LogP contribution in [-0.4, -0.2) is 18.8 Å². The smallest absolute Gasteiger partial charge is 0.184 e. The predicted octanol–water partition coefficient (Wildman–Crippen LogP) is 5.49. The second-order valence-electron chi connectivity index (χ2n) is 8.09. The Morgan fingerprint density at radius 2 is 1.95 bits per heavy atom. The van der Waals surface area contributed by atoms with Gasteiger partial charge in [-0.05, 0) is 68.5 Å². The molecule has 2 rings (SSSR count). The summed E-state index contributed by atoms with van der Waals surface area (Å²) in [5.41, 5.74) is 0.563. The summed E-state index contributed by atoms with van der Waals surface area (Å²) < 4.78 is 7.87. The van der Waals surface area contributed by atoms with E-state index in [1.807, 2.05) is 0 Å². The largest absolute Gasteiger partial charge is 0.414 e. The molecule has 0 amide bonds. The van der Waals surface area contributed by atoms with E-state index in [0.717, 1.165) is 17.8 Å². The fourth-order valence-electron chi connectivity index (χ4n) is 4.80. The highest BCUT2D eigenvalue weighted by molar-refractivity contribution is 14.1. The Bertz CT molecular complexity index is 314. The summed E-state index contributed by atoms with van der Waals surface area (Å²) in [6.45, 7) is 12.1. The van der Waals surface area contributed by atoms with Crippen molar-refractivity contribution >= 4 is 30.9 Å². The summed E-state index contributed by atoms with van der Waals surface area (Å²) in [4.78, 5) is 0. The highest BCUT2D eigenvalue weighted by Gasteiger charge is 2.53. The van der Waals surface area contributed by atoms with Crippen molar-refractivity contribution in [2.75, 3.05) is 4.43 Å². The van der Waals surface area contributed by atoms with Crippen molar-refractivity contribution in [3.8, 4) is 0 Å². The Morgan fingerprint density at radius 1 is 1.26 bits per heavy atom. The van der Waals surface area contributed by atoms with Gasteiger partial charge in [-0.3, -0.25) is 0 Å². The van der Waals surface area contributed by atoms with E-state index >= 15 is 0 Å². The zero-order valence-electron chi connectivity index (χ0n) is 13.3. The number of fused-ring (bicyclic) bond motifs is 1. The molecule has 0 spiro atoms. The highest BCUT2D eigenvalue weighted by Crippen LogP contribution is 2.58. The summed E-state index contributed by atoms with van der Waals surface area (Å²) in [6.07, 6.45) is 7.56. The molecule has 0 bridgehead atoms. The van der Waals surface area contributed by atoms with Gasteiger partial charge in [0.2, 0.25) is 0 Å². The molecular formula is C16H31IOSi. The van der Waals surface area contributed by atoms with E-state index < -0.39 is 8.32 Å². The minimum absolute atomic E-state index is 0.563. The number of alkyl halides is 1. The van der Waals surface area contributed by atoms with Crippen LogP contribution in [0.1, 0.15) is 46.0 Å². The molecule has 0 N–H and O–H groups in total. The molecule has 2 unspecified atom stereocenters. The molecular weight excluding hydrogens is 363 g/mol. The molecule has 0 aromatic heterocycles. The van der Waals surface area contributed by atoms with Crippen LogP contribution in [0.5, 0.6) is 0 Å². The van der Waals surface area contributed by atoms with Gasteiger partial charge < -0.3 is 4.43 Å². The van der Waals surface area contributed by atoms with Crippen LogP contribution in [0.2, 0.25) is 19.6 Å². The lowest BCUT2D eigenvalue weighted by Crippen LogP contribution is -2.46. The molecule has 2 fully saturated rings. The average molecular weight is 394 g/mol. The number of halogens is 1. The maximum atomic E-state index is 6.56. The average Bonchev–Trinajstić information content (AvgIpc) is 2.64. The second-order valence-corrected chi connectivity index (χ2v) is 13.4. The Kier molecular flexibility index (Phi) is 5.10. The molecule has 2 saturated carbocycles. The van der Waals surface area contributed by atoms with Crippen LogP contribution in [0, 0.1) is 23.2 Å². The van der Waals surface area contributed by atoms with Crippen molar-refractivity contribution in [3.63, 3.8) is 0 Å². The first kappa shape index (κ1) is 16.3. The van der Waals surface area contributed by atoms with Crippen molar-refractivity contribution in [1.82, 2.24) is 0 Å². The first-order chi connectivity index (χ1) is 8.78. The summed E-state index contributed by atoms with van der Waals surface area (Å²) in [7, 11) is -1.40. The van der Waals surface area contributed by atoms with Crippen LogP contribution in [-0.2, 0) is 4.43 Å². The first-order valence-electron chi connectivity index (χ1n) is 8.02. The number of hydrogen-bond acceptors (Lipinski definition) is 1. The Hall–Kier alpha value is 0.907. The predicted molar refractivity (Wildman–Crippen MR) is 94.4 cm³/mol. The Morgan fingerprint density at radius 3 is 2.53 bits per heavy atom. The lowest BCUT2D eigenvalue weighted by Gasteiger charge is -2.47. The van der Waals surface area contributed by atoms with Crippen molar-refractivity contribution in [2.45, 2.75) is 71.7 Å². The van der Waals surface area contributed by atoms with E-state index in [-0.39, 0.29) is 0 Å². The van der Waals surface area contributed by atoms with E-state index in [1.54, 1.807) is 0 Å². The van der Waals surface area contributed by atoms with Crippen molar-refractivity contribution in [3.05, 3.63) is 0 Å². The fraction of sp³-hybridized carbons (Fsp3) is 1.00. The lowest BCUT2D eigenvalue weighted by atomic mass is 9.62. The van der Waals surface area contributed by atoms with Gasteiger partial charge in [0.05, 0.1) is 0 Å². The molecule has 0 aromatic carbocycles. The molecule has 3 heteroatoms.